The topological polar surface area (TPSA) is 66.4 Å². The number of rotatable bonds is 3. The maximum atomic E-state index is 12.1. The second-order valence-electron chi connectivity index (χ2n) is 4.49. The zero-order valence-corrected chi connectivity index (χ0v) is 11.8. The summed E-state index contributed by atoms with van der Waals surface area (Å²) in [5, 5.41) is 11.9. The molecule has 1 amide bonds. The first-order chi connectivity index (χ1) is 9.08. The molecule has 0 aliphatic heterocycles. The van der Waals surface area contributed by atoms with Crippen molar-refractivity contribution >= 4 is 33.5 Å². The van der Waals surface area contributed by atoms with Crippen molar-refractivity contribution < 1.29 is 14.7 Å². The van der Waals surface area contributed by atoms with Crippen molar-refractivity contribution in [3.8, 4) is 0 Å². The molecule has 0 saturated heterocycles. The number of hydrogen-bond donors (Lipinski definition) is 2. The lowest BCUT2D eigenvalue weighted by Gasteiger charge is -2.24. The van der Waals surface area contributed by atoms with Crippen LogP contribution in [0.25, 0.3) is 0 Å². The fourth-order valence-corrected chi connectivity index (χ4v) is 2.41. The van der Waals surface area contributed by atoms with Crippen LogP contribution in [0.5, 0.6) is 0 Å². The smallest absolute Gasteiger partial charge is 0.307 e. The number of hydrogen-bond acceptors (Lipinski definition) is 2. The van der Waals surface area contributed by atoms with Crippen LogP contribution < -0.4 is 5.32 Å². The van der Waals surface area contributed by atoms with Crippen LogP contribution in [-0.4, -0.2) is 17.0 Å². The van der Waals surface area contributed by atoms with Crippen LogP contribution in [0.1, 0.15) is 12.8 Å². The van der Waals surface area contributed by atoms with E-state index in [4.69, 9.17) is 5.11 Å². The van der Waals surface area contributed by atoms with Crippen molar-refractivity contribution in [3.63, 3.8) is 0 Å². The molecule has 1 aliphatic carbocycles. The summed E-state index contributed by atoms with van der Waals surface area (Å²) in [6.45, 7) is 0. The second-order valence-corrected chi connectivity index (χ2v) is 5.41. The minimum Gasteiger partial charge on any atom is -0.481 e. The molecule has 1 aromatic carbocycles. The summed E-state index contributed by atoms with van der Waals surface area (Å²) in [4.78, 5) is 23.3. The van der Waals surface area contributed by atoms with Gasteiger partial charge in [0.1, 0.15) is 0 Å². The van der Waals surface area contributed by atoms with Gasteiger partial charge in [0, 0.05) is 10.2 Å². The molecule has 2 atom stereocenters. The molecule has 19 heavy (non-hydrogen) atoms. The SMILES string of the molecule is O=C(O)[C@H]1CC=CC[C@H]1C(=O)Nc1ccc(Br)cc1. The van der Waals surface area contributed by atoms with Gasteiger partial charge in [-0.25, -0.2) is 0 Å². The van der Waals surface area contributed by atoms with Gasteiger partial charge in [-0.1, -0.05) is 28.1 Å². The standard InChI is InChI=1S/C14H14BrNO3/c15-9-5-7-10(8-6-9)16-13(17)11-3-1-2-4-12(11)14(18)19/h1-2,5-8,11-12H,3-4H2,(H,16,17)(H,18,19)/t11-,12+/m1/s1. The first kappa shape index (κ1) is 13.8. The Bertz CT molecular complexity index is 510. The number of anilines is 1. The molecule has 4 nitrogen and oxygen atoms in total. The van der Waals surface area contributed by atoms with Gasteiger partial charge in [0.2, 0.25) is 5.91 Å². The Kier molecular flexibility index (Phi) is 4.37. The molecule has 1 aliphatic rings. The largest absolute Gasteiger partial charge is 0.481 e. The van der Waals surface area contributed by atoms with E-state index in [1.807, 2.05) is 24.3 Å². The normalized spacial score (nSPS) is 21.9. The Morgan fingerprint density at radius 2 is 1.68 bits per heavy atom. The summed E-state index contributed by atoms with van der Waals surface area (Å²) in [5.74, 6) is -2.30. The number of amides is 1. The van der Waals surface area contributed by atoms with Crippen LogP contribution in [0.3, 0.4) is 0 Å². The van der Waals surface area contributed by atoms with Gasteiger partial charge in [-0.2, -0.15) is 0 Å². The van der Waals surface area contributed by atoms with Crippen LogP contribution in [0, 0.1) is 11.8 Å². The minimum absolute atomic E-state index is 0.237. The quantitative estimate of drug-likeness (QED) is 0.840. The van der Waals surface area contributed by atoms with E-state index in [0.29, 0.717) is 18.5 Å². The molecule has 2 rings (SSSR count). The van der Waals surface area contributed by atoms with E-state index >= 15 is 0 Å². The van der Waals surface area contributed by atoms with E-state index in [9.17, 15) is 9.59 Å². The van der Waals surface area contributed by atoms with E-state index in [-0.39, 0.29) is 5.91 Å². The molecule has 5 heteroatoms. The van der Waals surface area contributed by atoms with Crippen molar-refractivity contribution in [2.45, 2.75) is 12.8 Å². The summed E-state index contributed by atoms with van der Waals surface area (Å²) in [6, 6.07) is 7.20. The fourth-order valence-electron chi connectivity index (χ4n) is 2.15. The molecule has 0 heterocycles. The monoisotopic (exact) mass is 323 g/mol. The average Bonchev–Trinajstić information content (AvgIpc) is 2.41. The zero-order valence-electron chi connectivity index (χ0n) is 10.2. The van der Waals surface area contributed by atoms with Gasteiger partial charge < -0.3 is 10.4 Å². The van der Waals surface area contributed by atoms with Crippen LogP contribution in [-0.2, 0) is 9.59 Å². The molecule has 0 fully saturated rings. The van der Waals surface area contributed by atoms with E-state index in [0.717, 1.165) is 4.47 Å². The van der Waals surface area contributed by atoms with Gasteiger partial charge in [0.25, 0.3) is 0 Å². The third-order valence-electron chi connectivity index (χ3n) is 3.20. The van der Waals surface area contributed by atoms with Crippen molar-refractivity contribution in [1.82, 2.24) is 0 Å². The van der Waals surface area contributed by atoms with Gasteiger partial charge in [-0.3, -0.25) is 9.59 Å². The van der Waals surface area contributed by atoms with Crippen LogP contribution in [0.15, 0.2) is 40.9 Å². The van der Waals surface area contributed by atoms with Gasteiger partial charge in [0.15, 0.2) is 0 Å². The van der Waals surface area contributed by atoms with E-state index in [1.165, 1.54) is 0 Å². The lowest BCUT2D eigenvalue weighted by molar-refractivity contribution is -0.146. The van der Waals surface area contributed by atoms with Crippen LogP contribution in [0.2, 0.25) is 0 Å². The lowest BCUT2D eigenvalue weighted by Crippen LogP contribution is -2.34. The highest BCUT2D eigenvalue weighted by atomic mass is 79.9. The molecule has 0 unspecified atom stereocenters. The summed E-state index contributed by atoms with van der Waals surface area (Å²) < 4.78 is 0.925. The van der Waals surface area contributed by atoms with E-state index in [2.05, 4.69) is 21.2 Å². The molecule has 0 bridgehead atoms. The van der Waals surface area contributed by atoms with Gasteiger partial charge in [0.05, 0.1) is 11.8 Å². The molecule has 0 spiro atoms. The predicted octanol–water partition coefficient (Wildman–Crippen LogP) is 3.05. The highest BCUT2D eigenvalue weighted by molar-refractivity contribution is 9.10. The highest BCUT2D eigenvalue weighted by Gasteiger charge is 2.33. The molecule has 2 N–H and O–H groups in total. The zero-order chi connectivity index (χ0) is 13.8. The van der Waals surface area contributed by atoms with Crippen molar-refractivity contribution in [2.24, 2.45) is 11.8 Å². The molecule has 0 radical (unpaired) electrons. The van der Waals surface area contributed by atoms with Crippen molar-refractivity contribution in [2.75, 3.05) is 5.32 Å². The maximum absolute atomic E-state index is 12.1. The van der Waals surface area contributed by atoms with Crippen LogP contribution in [0.4, 0.5) is 5.69 Å². The Balaban J connectivity index is 2.08. The number of carbonyl (C=O) groups is 2. The van der Waals surface area contributed by atoms with Crippen molar-refractivity contribution in [1.29, 1.82) is 0 Å². The molecular formula is C14H14BrNO3. The summed E-state index contributed by atoms with van der Waals surface area (Å²) >= 11 is 3.32. The first-order valence-corrected chi connectivity index (χ1v) is 6.81. The molecule has 1 aromatic rings. The van der Waals surface area contributed by atoms with Crippen LogP contribution >= 0.6 is 15.9 Å². The molecular weight excluding hydrogens is 310 g/mol. The second kappa shape index (κ2) is 6.02. The number of carboxylic acids is 1. The number of aliphatic carboxylic acids is 1. The predicted molar refractivity (Wildman–Crippen MR) is 75.8 cm³/mol. The minimum atomic E-state index is -0.916. The Morgan fingerprint density at radius 3 is 2.26 bits per heavy atom. The first-order valence-electron chi connectivity index (χ1n) is 6.02. The average molecular weight is 324 g/mol. The van der Waals surface area contributed by atoms with E-state index in [1.54, 1.807) is 12.1 Å². The highest BCUT2D eigenvalue weighted by Crippen LogP contribution is 2.27. The molecule has 0 aromatic heterocycles. The summed E-state index contributed by atoms with van der Waals surface area (Å²) in [6.07, 6.45) is 4.57. The Labute approximate surface area is 119 Å². The number of carbonyl (C=O) groups excluding carboxylic acids is 1. The van der Waals surface area contributed by atoms with Gasteiger partial charge >= 0.3 is 5.97 Å². The van der Waals surface area contributed by atoms with Gasteiger partial charge in [-0.15, -0.1) is 0 Å². The molecule has 100 valence electrons. The summed E-state index contributed by atoms with van der Waals surface area (Å²) in [5.41, 5.74) is 0.673. The fraction of sp³-hybridized carbons (Fsp3) is 0.286. The number of carboxylic acid groups (broad SMARTS) is 1. The number of benzene rings is 1. The number of nitrogens with one attached hydrogen (secondary N) is 1. The van der Waals surface area contributed by atoms with E-state index < -0.39 is 17.8 Å². The van der Waals surface area contributed by atoms with Crippen molar-refractivity contribution in [3.05, 3.63) is 40.9 Å². The maximum Gasteiger partial charge on any atom is 0.307 e. The Morgan fingerprint density at radius 1 is 1.11 bits per heavy atom. The number of allylic oxidation sites excluding steroid dienone is 2. The molecule has 0 saturated carbocycles. The van der Waals surface area contributed by atoms with Gasteiger partial charge in [-0.05, 0) is 37.1 Å². The third-order valence-corrected chi connectivity index (χ3v) is 3.73. The summed E-state index contributed by atoms with van der Waals surface area (Å²) in [7, 11) is 0. The number of halogens is 1. The third kappa shape index (κ3) is 3.44. The Hall–Kier alpha value is -1.62. The lowest BCUT2D eigenvalue weighted by atomic mass is 9.82.